The summed E-state index contributed by atoms with van der Waals surface area (Å²) in [6.45, 7) is 8.66. The van der Waals surface area contributed by atoms with Crippen LogP contribution in [0.15, 0.2) is 15.5 Å². The SMILES string of the molecule is CN=C(NCc1cc(C)oc1C)N1CCN(CC(=O)NC2CC2)CC1. The van der Waals surface area contributed by atoms with Gasteiger partial charge in [0.15, 0.2) is 5.96 Å². The van der Waals surface area contributed by atoms with E-state index in [9.17, 15) is 4.79 Å². The Morgan fingerprint density at radius 2 is 2.00 bits per heavy atom. The van der Waals surface area contributed by atoms with E-state index in [1.807, 2.05) is 20.9 Å². The molecule has 138 valence electrons. The van der Waals surface area contributed by atoms with E-state index in [-0.39, 0.29) is 5.91 Å². The second-order valence-electron chi connectivity index (χ2n) is 6.94. The van der Waals surface area contributed by atoms with Crippen molar-refractivity contribution < 1.29 is 9.21 Å². The Morgan fingerprint density at radius 1 is 1.28 bits per heavy atom. The van der Waals surface area contributed by atoms with Crippen LogP contribution in [0.3, 0.4) is 0 Å². The maximum absolute atomic E-state index is 11.9. The second-order valence-corrected chi connectivity index (χ2v) is 6.94. The molecule has 0 radical (unpaired) electrons. The molecule has 1 aromatic rings. The fourth-order valence-electron chi connectivity index (χ4n) is 3.19. The van der Waals surface area contributed by atoms with Crippen LogP contribution in [0.4, 0.5) is 0 Å². The topological polar surface area (TPSA) is 73.1 Å². The zero-order chi connectivity index (χ0) is 17.8. The summed E-state index contributed by atoms with van der Waals surface area (Å²) in [4.78, 5) is 20.8. The lowest BCUT2D eigenvalue weighted by Crippen LogP contribution is -2.54. The molecule has 0 bridgehead atoms. The van der Waals surface area contributed by atoms with E-state index >= 15 is 0 Å². The summed E-state index contributed by atoms with van der Waals surface area (Å²) in [6, 6.07) is 2.50. The maximum Gasteiger partial charge on any atom is 0.234 e. The Hall–Kier alpha value is -2.02. The van der Waals surface area contributed by atoms with Crippen molar-refractivity contribution in [3.05, 3.63) is 23.2 Å². The van der Waals surface area contributed by atoms with Crippen molar-refractivity contribution in [1.29, 1.82) is 0 Å². The minimum Gasteiger partial charge on any atom is -0.466 e. The minimum atomic E-state index is 0.157. The molecule has 2 fully saturated rings. The number of rotatable bonds is 5. The highest BCUT2D eigenvalue weighted by Crippen LogP contribution is 2.18. The van der Waals surface area contributed by atoms with Gasteiger partial charge in [0, 0.05) is 51.4 Å². The van der Waals surface area contributed by atoms with Gasteiger partial charge in [0.1, 0.15) is 11.5 Å². The average Bonchev–Trinajstić information content (AvgIpc) is 3.33. The van der Waals surface area contributed by atoms with Crippen LogP contribution in [-0.2, 0) is 11.3 Å². The molecule has 1 aliphatic heterocycles. The molecule has 0 spiro atoms. The van der Waals surface area contributed by atoms with Crippen LogP contribution < -0.4 is 10.6 Å². The van der Waals surface area contributed by atoms with Gasteiger partial charge < -0.3 is 20.0 Å². The zero-order valence-electron chi connectivity index (χ0n) is 15.5. The van der Waals surface area contributed by atoms with Crippen molar-refractivity contribution in [3.8, 4) is 0 Å². The summed E-state index contributed by atoms with van der Waals surface area (Å²) in [7, 11) is 1.81. The van der Waals surface area contributed by atoms with Crippen LogP contribution >= 0.6 is 0 Å². The van der Waals surface area contributed by atoms with Gasteiger partial charge in [-0.15, -0.1) is 0 Å². The van der Waals surface area contributed by atoms with E-state index in [1.165, 1.54) is 0 Å². The molecule has 0 unspecified atom stereocenters. The van der Waals surface area contributed by atoms with Crippen LogP contribution in [-0.4, -0.2) is 67.5 Å². The normalized spacial score (nSPS) is 19.2. The van der Waals surface area contributed by atoms with Crippen molar-refractivity contribution >= 4 is 11.9 Å². The van der Waals surface area contributed by atoms with E-state index in [1.54, 1.807) is 0 Å². The smallest absolute Gasteiger partial charge is 0.234 e. The molecule has 1 amide bonds. The summed E-state index contributed by atoms with van der Waals surface area (Å²) in [5.41, 5.74) is 1.16. The predicted octanol–water partition coefficient (Wildman–Crippen LogP) is 0.868. The Bertz CT molecular complexity index is 627. The molecule has 7 nitrogen and oxygen atoms in total. The molecule has 1 aromatic heterocycles. The standard InChI is InChI=1S/C18H29N5O2/c1-13-10-15(14(2)25-13)11-20-18(19-3)23-8-6-22(7-9-23)12-17(24)21-16-4-5-16/h10,16H,4-9,11-12H2,1-3H3,(H,19,20)(H,21,24). The first kappa shape index (κ1) is 17.8. The van der Waals surface area contributed by atoms with Crippen LogP contribution in [0.1, 0.15) is 29.9 Å². The number of guanidine groups is 1. The summed E-state index contributed by atoms with van der Waals surface area (Å²) >= 11 is 0. The molecule has 0 atom stereocenters. The van der Waals surface area contributed by atoms with E-state index in [4.69, 9.17) is 4.42 Å². The van der Waals surface area contributed by atoms with Gasteiger partial charge in [-0.1, -0.05) is 0 Å². The molecule has 2 aliphatic rings. The first-order valence-electron chi connectivity index (χ1n) is 9.08. The van der Waals surface area contributed by atoms with E-state index in [0.717, 1.165) is 62.1 Å². The molecule has 7 heteroatoms. The molecule has 1 saturated carbocycles. The van der Waals surface area contributed by atoms with Gasteiger partial charge >= 0.3 is 0 Å². The van der Waals surface area contributed by atoms with Gasteiger partial charge in [-0.3, -0.25) is 14.7 Å². The number of hydrogen-bond donors (Lipinski definition) is 2. The monoisotopic (exact) mass is 347 g/mol. The van der Waals surface area contributed by atoms with E-state index in [2.05, 4.69) is 31.5 Å². The number of nitrogens with zero attached hydrogens (tertiary/aromatic N) is 3. The molecule has 1 saturated heterocycles. The molecule has 2 heterocycles. The van der Waals surface area contributed by atoms with Crippen LogP contribution in [0.25, 0.3) is 0 Å². The second kappa shape index (κ2) is 7.91. The van der Waals surface area contributed by atoms with Gasteiger partial charge in [-0.05, 0) is 32.8 Å². The highest BCUT2D eigenvalue weighted by atomic mass is 16.3. The van der Waals surface area contributed by atoms with Gasteiger partial charge in [0.25, 0.3) is 0 Å². The number of furan rings is 1. The highest BCUT2D eigenvalue weighted by molar-refractivity contribution is 5.80. The fourth-order valence-corrected chi connectivity index (χ4v) is 3.19. The number of aliphatic imine (C=N–C) groups is 1. The molecular weight excluding hydrogens is 318 g/mol. The summed E-state index contributed by atoms with van der Waals surface area (Å²) in [6.07, 6.45) is 2.27. The van der Waals surface area contributed by atoms with E-state index in [0.29, 0.717) is 19.1 Å². The first-order chi connectivity index (χ1) is 12.0. The van der Waals surface area contributed by atoms with Gasteiger partial charge in [-0.2, -0.15) is 0 Å². The van der Waals surface area contributed by atoms with Gasteiger partial charge in [-0.25, -0.2) is 0 Å². The highest BCUT2D eigenvalue weighted by Gasteiger charge is 2.25. The molecule has 3 rings (SSSR count). The zero-order valence-corrected chi connectivity index (χ0v) is 15.5. The number of carbonyl (C=O) groups is 1. The lowest BCUT2D eigenvalue weighted by Gasteiger charge is -2.36. The largest absolute Gasteiger partial charge is 0.466 e. The molecule has 1 aliphatic carbocycles. The predicted molar refractivity (Wildman–Crippen MR) is 97.6 cm³/mol. The summed E-state index contributed by atoms with van der Waals surface area (Å²) in [5, 5.41) is 6.47. The van der Waals surface area contributed by atoms with Crippen molar-refractivity contribution in [2.24, 2.45) is 4.99 Å². The third-order valence-electron chi connectivity index (χ3n) is 4.77. The Kier molecular flexibility index (Phi) is 5.63. The lowest BCUT2D eigenvalue weighted by molar-refractivity contribution is -0.122. The van der Waals surface area contributed by atoms with Crippen molar-refractivity contribution in [3.63, 3.8) is 0 Å². The molecule has 25 heavy (non-hydrogen) atoms. The van der Waals surface area contributed by atoms with Crippen LogP contribution in [0.2, 0.25) is 0 Å². The van der Waals surface area contributed by atoms with E-state index < -0.39 is 0 Å². The van der Waals surface area contributed by atoms with Crippen molar-refractivity contribution in [1.82, 2.24) is 20.4 Å². The lowest BCUT2D eigenvalue weighted by atomic mass is 10.2. The number of hydrogen-bond acceptors (Lipinski definition) is 4. The Labute approximate surface area is 149 Å². The molecule has 2 N–H and O–H groups in total. The quantitative estimate of drug-likeness (QED) is 0.611. The third-order valence-corrected chi connectivity index (χ3v) is 4.77. The Balaban J connectivity index is 1.43. The molecular formula is C18H29N5O2. The summed E-state index contributed by atoms with van der Waals surface area (Å²) in [5.74, 6) is 2.94. The number of carbonyl (C=O) groups excluding carboxylic acids is 1. The van der Waals surface area contributed by atoms with Crippen molar-refractivity contribution in [2.45, 2.75) is 39.3 Å². The van der Waals surface area contributed by atoms with Crippen LogP contribution in [0.5, 0.6) is 0 Å². The first-order valence-corrected chi connectivity index (χ1v) is 9.08. The summed E-state index contributed by atoms with van der Waals surface area (Å²) < 4.78 is 5.57. The minimum absolute atomic E-state index is 0.157. The number of amides is 1. The number of nitrogens with one attached hydrogen (secondary N) is 2. The average molecular weight is 347 g/mol. The molecule has 0 aromatic carbocycles. The number of aryl methyl sites for hydroxylation is 2. The van der Waals surface area contributed by atoms with Crippen molar-refractivity contribution in [2.75, 3.05) is 39.8 Å². The maximum atomic E-state index is 11.9. The number of piperazine rings is 1. The van der Waals surface area contributed by atoms with Crippen LogP contribution in [0, 0.1) is 13.8 Å². The van der Waals surface area contributed by atoms with Gasteiger partial charge in [0.05, 0.1) is 6.54 Å². The van der Waals surface area contributed by atoms with Gasteiger partial charge in [0.2, 0.25) is 5.91 Å². The fraction of sp³-hybridized carbons (Fsp3) is 0.667. The third kappa shape index (κ3) is 4.98. The Morgan fingerprint density at radius 3 is 2.56 bits per heavy atom.